The Labute approximate surface area is 225 Å². The minimum Gasteiger partial charge on any atom is -0.439 e. The van der Waals surface area contributed by atoms with Crippen LogP contribution in [0.15, 0.2) is 65.8 Å². The molecular formula is C25H26ClN7O4S. The molecule has 2 aromatic heterocycles. The molecular weight excluding hydrogens is 530 g/mol. The average Bonchev–Trinajstić information content (AvgIpc) is 3.34. The maximum Gasteiger partial charge on any atom is 0.267 e. The smallest absolute Gasteiger partial charge is 0.267 e. The average molecular weight is 556 g/mol. The van der Waals surface area contributed by atoms with Gasteiger partial charge in [0.15, 0.2) is 5.75 Å². The van der Waals surface area contributed by atoms with Crippen LogP contribution in [0.3, 0.4) is 0 Å². The van der Waals surface area contributed by atoms with E-state index in [0.717, 1.165) is 37.4 Å². The molecule has 0 unspecified atom stereocenters. The Morgan fingerprint density at radius 2 is 1.74 bits per heavy atom. The number of para-hydroxylation sites is 1. The molecule has 38 heavy (non-hydrogen) atoms. The lowest BCUT2D eigenvalue weighted by Crippen LogP contribution is -2.43. The first-order valence-corrected chi connectivity index (χ1v) is 13.7. The molecule has 1 aliphatic heterocycles. The largest absolute Gasteiger partial charge is 0.439 e. The van der Waals surface area contributed by atoms with Crippen molar-refractivity contribution in [1.29, 1.82) is 0 Å². The van der Waals surface area contributed by atoms with Gasteiger partial charge in [0.05, 0.1) is 17.3 Å². The van der Waals surface area contributed by atoms with Crippen LogP contribution in [0.1, 0.15) is 5.56 Å². The molecule has 0 aliphatic carbocycles. The van der Waals surface area contributed by atoms with Gasteiger partial charge in [-0.3, -0.25) is 4.68 Å². The van der Waals surface area contributed by atoms with Gasteiger partial charge in [-0.1, -0.05) is 23.7 Å². The van der Waals surface area contributed by atoms with Gasteiger partial charge < -0.3 is 19.7 Å². The first-order chi connectivity index (χ1) is 18.3. The fourth-order valence-corrected chi connectivity index (χ4v) is 5.08. The van der Waals surface area contributed by atoms with Crippen LogP contribution in [0, 0.1) is 6.92 Å². The van der Waals surface area contributed by atoms with E-state index in [4.69, 9.17) is 21.1 Å². The summed E-state index contributed by atoms with van der Waals surface area (Å²) in [6.07, 6.45) is 2.60. The highest BCUT2D eigenvalue weighted by atomic mass is 35.5. The van der Waals surface area contributed by atoms with Gasteiger partial charge in [0.1, 0.15) is 10.6 Å². The summed E-state index contributed by atoms with van der Waals surface area (Å²) in [6.45, 7) is 5.56. The molecule has 2 N–H and O–H groups in total. The van der Waals surface area contributed by atoms with Crippen molar-refractivity contribution in [3.63, 3.8) is 0 Å². The lowest BCUT2D eigenvalue weighted by atomic mass is 10.2. The van der Waals surface area contributed by atoms with E-state index in [9.17, 15) is 8.42 Å². The quantitative estimate of drug-likeness (QED) is 0.332. The van der Waals surface area contributed by atoms with Crippen LogP contribution in [-0.2, 0) is 17.1 Å². The van der Waals surface area contributed by atoms with Crippen molar-refractivity contribution in [1.82, 2.24) is 25.1 Å². The van der Waals surface area contributed by atoms with E-state index in [0.29, 0.717) is 16.5 Å². The summed E-state index contributed by atoms with van der Waals surface area (Å²) in [7, 11) is -2.39. The zero-order valence-electron chi connectivity index (χ0n) is 20.8. The maximum absolute atomic E-state index is 12.9. The summed E-state index contributed by atoms with van der Waals surface area (Å²) in [6, 6.07) is 14.4. The van der Waals surface area contributed by atoms with Crippen molar-refractivity contribution in [3.8, 4) is 23.3 Å². The number of aryl methyl sites for hydroxylation is 2. The van der Waals surface area contributed by atoms with Crippen LogP contribution in [0.25, 0.3) is 0 Å². The van der Waals surface area contributed by atoms with E-state index in [-0.39, 0.29) is 22.6 Å². The summed E-state index contributed by atoms with van der Waals surface area (Å²) in [4.78, 5) is 10.8. The number of hydrogen-bond donors (Lipinski definition) is 2. The van der Waals surface area contributed by atoms with E-state index in [1.54, 1.807) is 19.2 Å². The molecule has 0 radical (unpaired) electrons. The Bertz CT molecular complexity index is 1520. The van der Waals surface area contributed by atoms with Gasteiger partial charge in [-0.2, -0.15) is 15.1 Å². The predicted octanol–water partition coefficient (Wildman–Crippen LogP) is 3.97. The highest BCUT2D eigenvalue weighted by Gasteiger charge is 2.20. The second kappa shape index (κ2) is 10.9. The lowest BCUT2D eigenvalue weighted by Gasteiger charge is -2.29. The molecule has 2 aromatic carbocycles. The normalized spacial score (nSPS) is 13.8. The number of sulfonamides is 1. The molecule has 5 rings (SSSR count). The molecule has 4 aromatic rings. The van der Waals surface area contributed by atoms with E-state index < -0.39 is 10.0 Å². The maximum atomic E-state index is 12.9. The van der Waals surface area contributed by atoms with Crippen molar-refractivity contribution >= 4 is 33.3 Å². The van der Waals surface area contributed by atoms with Gasteiger partial charge in [-0.05, 0) is 42.8 Å². The van der Waals surface area contributed by atoms with Crippen LogP contribution in [0.2, 0.25) is 5.02 Å². The number of nitrogens with zero attached hydrogens (tertiary/aromatic N) is 5. The fraction of sp³-hybridized carbons (Fsp3) is 0.240. The summed E-state index contributed by atoms with van der Waals surface area (Å²) in [5.41, 5.74) is 1.87. The molecule has 0 saturated carbocycles. The zero-order valence-corrected chi connectivity index (χ0v) is 22.3. The Kier molecular flexibility index (Phi) is 7.36. The van der Waals surface area contributed by atoms with E-state index in [1.165, 1.54) is 23.1 Å². The summed E-state index contributed by atoms with van der Waals surface area (Å²) in [5.74, 6) is 0.804. The standard InChI is InChI=1S/C25H26ClN7O4S/c1-17-4-3-5-21(26)24(17)37-23-14-22(29-25(30-23)31-38(34,35)20-15-28-32(2)16-20)36-19-8-6-18(7-9-19)33-12-10-27-11-13-33/h3-9,14-16,27H,10-13H2,1-2H3,(H,29,30,31). The third-order valence-electron chi connectivity index (χ3n) is 5.81. The molecule has 198 valence electrons. The third-order valence-corrected chi connectivity index (χ3v) is 7.39. The highest BCUT2D eigenvalue weighted by molar-refractivity contribution is 7.92. The lowest BCUT2D eigenvalue weighted by molar-refractivity contribution is 0.434. The number of rotatable bonds is 8. The molecule has 1 saturated heterocycles. The first-order valence-electron chi connectivity index (χ1n) is 11.8. The Hall–Kier alpha value is -3.87. The van der Waals surface area contributed by atoms with Crippen LogP contribution in [0.4, 0.5) is 11.6 Å². The molecule has 0 spiro atoms. The predicted molar refractivity (Wildman–Crippen MR) is 144 cm³/mol. The van der Waals surface area contributed by atoms with Crippen molar-refractivity contribution in [2.45, 2.75) is 11.8 Å². The summed E-state index contributed by atoms with van der Waals surface area (Å²) < 4.78 is 41.5. The number of ether oxygens (including phenoxy) is 2. The minimum atomic E-state index is -4.01. The molecule has 11 nitrogen and oxygen atoms in total. The van der Waals surface area contributed by atoms with Gasteiger partial charge in [0.25, 0.3) is 10.0 Å². The number of halogens is 1. The van der Waals surface area contributed by atoms with E-state index in [1.807, 2.05) is 37.3 Å². The fourth-order valence-electron chi connectivity index (χ4n) is 3.89. The van der Waals surface area contributed by atoms with Crippen LogP contribution >= 0.6 is 11.6 Å². The van der Waals surface area contributed by atoms with Crippen LogP contribution in [-0.4, -0.2) is 54.3 Å². The van der Waals surface area contributed by atoms with Gasteiger partial charge >= 0.3 is 0 Å². The number of nitrogens with one attached hydrogen (secondary N) is 2. The zero-order chi connectivity index (χ0) is 26.7. The molecule has 0 atom stereocenters. The number of anilines is 2. The number of benzene rings is 2. The molecule has 0 amide bonds. The number of aromatic nitrogens is 4. The number of piperazine rings is 1. The van der Waals surface area contributed by atoms with Crippen LogP contribution < -0.4 is 24.4 Å². The molecule has 0 bridgehead atoms. The topological polar surface area (TPSA) is 123 Å². The molecule has 3 heterocycles. The van der Waals surface area contributed by atoms with E-state index in [2.05, 4.69) is 30.0 Å². The monoisotopic (exact) mass is 555 g/mol. The Morgan fingerprint density at radius 3 is 2.39 bits per heavy atom. The minimum absolute atomic E-state index is 0.0390. The summed E-state index contributed by atoms with van der Waals surface area (Å²) >= 11 is 6.33. The summed E-state index contributed by atoms with van der Waals surface area (Å²) in [5, 5.41) is 7.64. The van der Waals surface area contributed by atoms with Crippen molar-refractivity contribution in [2.75, 3.05) is 35.8 Å². The second-order valence-electron chi connectivity index (χ2n) is 8.64. The molecule has 13 heteroatoms. The van der Waals surface area contributed by atoms with Gasteiger partial charge in [0, 0.05) is 45.1 Å². The molecule has 1 aliphatic rings. The SMILES string of the molecule is Cc1cccc(Cl)c1Oc1cc(Oc2ccc(N3CCNCC3)cc2)nc(NS(=O)(=O)c2cnn(C)c2)n1. The highest BCUT2D eigenvalue weighted by Crippen LogP contribution is 2.34. The second-order valence-corrected chi connectivity index (χ2v) is 10.7. The van der Waals surface area contributed by atoms with Crippen molar-refractivity contribution in [2.24, 2.45) is 7.05 Å². The first kappa shape index (κ1) is 25.8. The Balaban J connectivity index is 1.44. The van der Waals surface area contributed by atoms with Crippen molar-refractivity contribution < 1.29 is 17.9 Å². The van der Waals surface area contributed by atoms with Gasteiger partial charge in [-0.15, -0.1) is 0 Å². The third kappa shape index (κ3) is 5.98. The number of hydrogen-bond acceptors (Lipinski definition) is 9. The van der Waals surface area contributed by atoms with Crippen LogP contribution in [0.5, 0.6) is 23.3 Å². The van der Waals surface area contributed by atoms with Gasteiger partial charge in [-0.25, -0.2) is 13.1 Å². The van der Waals surface area contributed by atoms with Crippen molar-refractivity contribution in [3.05, 3.63) is 71.5 Å². The van der Waals surface area contributed by atoms with E-state index >= 15 is 0 Å². The van der Waals surface area contributed by atoms with Gasteiger partial charge in [0.2, 0.25) is 17.7 Å². The molecule has 1 fully saturated rings. The Morgan fingerprint density at radius 1 is 1.03 bits per heavy atom.